The van der Waals surface area contributed by atoms with E-state index >= 15 is 0 Å². The smallest absolute Gasteiger partial charge is 0.269 e. The predicted octanol–water partition coefficient (Wildman–Crippen LogP) is 1.53. The topological polar surface area (TPSA) is 132 Å². The number of non-ortho nitro benzene ring substituents is 1. The fourth-order valence-corrected chi connectivity index (χ4v) is 3.64. The number of sulfonamides is 1. The molecule has 0 fully saturated rings. The first-order valence-corrected chi connectivity index (χ1v) is 8.82. The molecule has 2 aromatic rings. The summed E-state index contributed by atoms with van der Waals surface area (Å²) >= 11 is 0. The molecule has 3 N–H and O–H groups in total. The number of carbonyl (C=O) groups is 1. The first-order valence-electron chi connectivity index (χ1n) is 7.33. The van der Waals surface area contributed by atoms with Gasteiger partial charge in [0.15, 0.2) is 0 Å². The van der Waals surface area contributed by atoms with Crippen LogP contribution in [0.2, 0.25) is 0 Å². The van der Waals surface area contributed by atoms with Gasteiger partial charge >= 0.3 is 0 Å². The summed E-state index contributed by atoms with van der Waals surface area (Å²) < 4.78 is 27.1. The second-order valence-electron chi connectivity index (χ2n) is 5.45. The average molecular weight is 363 g/mol. The van der Waals surface area contributed by atoms with Crippen LogP contribution in [0.15, 0.2) is 59.5 Å². The number of nitrogens with two attached hydrogens (primary N) is 1. The Hall–Kier alpha value is -2.78. The van der Waals surface area contributed by atoms with Crippen molar-refractivity contribution in [2.75, 3.05) is 0 Å². The standard InChI is InChI=1S/C16H17N3O5S/c1-11(12-7-9-13(10-8-12)19(21)22)15(16(17)20)18-25(23,24)14-5-3-2-4-6-14/h2-11,15,18H,1H3,(H2,17,20). The highest BCUT2D eigenvalue weighted by Gasteiger charge is 2.30. The van der Waals surface area contributed by atoms with E-state index in [-0.39, 0.29) is 10.6 Å². The van der Waals surface area contributed by atoms with E-state index in [0.717, 1.165) is 0 Å². The molecule has 0 aliphatic heterocycles. The predicted molar refractivity (Wildman–Crippen MR) is 91.3 cm³/mol. The van der Waals surface area contributed by atoms with E-state index in [1.54, 1.807) is 25.1 Å². The van der Waals surface area contributed by atoms with Gasteiger partial charge in [0, 0.05) is 18.1 Å². The van der Waals surface area contributed by atoms with E-state index in [1.807, 2.05) is 0 Å². The number of primary amides is 1. The summed E-state index contributed by atoms with van der Waals surface area (Å²) in [6.45, 7) is 1.62. The molecule has 0 aliphatic carbocycles. The van der Waals surface area contributed by atoms with Crippen LogP contribution >= 0.6 is 0 Å². The molecule has 9 heteroatoms. The first kappa shape index (κ1) is 18.6. The van der Waals surface area contributed by atoms with Gasteiger partial charge in [-0.05, 0) is 17.7 Å². The SMILES string of the molecule is CC(c1ccc([N+](=O)[O-])cc1)C(NS(=O)(=O)c1ccccc1)C(N)=O. The van der Waals surface area contributed by atoms with Crippen molar-refractivity contribution in [3.8, 4) is 0 Å². The number of carbonyl (C=O) groups excluding carboxylic acids is 1. The Morgan fingerprint density at radius 3 is 2.16 bits per heavy atom. The molecule has 0 saturated carbocycles. The Balaban J connectivity index is 2.28. The molecule has 25 heavy (non-hydrogen) atoms. The van der Waals surface area contributed by atoms with Gasteiger partial charge in [-0.3, -0.25) is 14.9 Å². The van der Waals surface area contributed by atoms with Crippen LogP contribution in [0.1, 0.15) is 18.4 Å². The highest BCUT2D eigenvalue weighted by molar-refractivity contribution is 7.89. The Morgan fingerprint density at radius 1 is 1.12 bits per heavy atom. The van der Waals surface area contributed by atoms with Crippen LogP contribution in [0.25, 0.3) is 0 Å². The number of nitro benzene ring substituents is 1. The molecule has 0 spiro atoms. The minimum atomic E-state index is -3.94. The lowest BCUT2D eigenvalue weighted by atomic mass is 9.93. The molecule has 2 unspecified atom stereocenters. The van der Waals surface area contributed by atoms with Crippen molar-refractivity contribution in [3.63, 3.8) is 0 Å². The fraction of sp³-hybridized carbons (Fsp3) is 0.188. The average Bonchev–Trinajstić information content (AvgIpc) is 2.60. The molecular weight excluding hydrogens is 346 g/mol. The summed E-state index contributed by atoms with van der Waals surface area (Å²) in [5.74, 6) is -1.46. The van der Waals surface area contributed by atoms with Crippen LogP contribution in [0.4, 0.5) is 5.69 Å². The van der Waals surface area contributed by atoms with Gasteiger partial charge in [0.05, 0.1) is 9.82 Å². The van der Waals surface area contributed by atoms with Crippen molar-refractivity contribution >= 4 is 21.6 Å². The third-order valence-electron chi connectivity index (χ3n) is 3.77. The second-order valence-corrected chi connectivity index (χ2v) is 7.17. The fourth-order valence-electron chi connectivity index (χ4n) is 2.33. The van der Waals surface area contributed by atoms with Crippen LogP contribution in [-0.2, 0) is 14.8 Å². The molecule has 2 aromatic carbocycles. The zero-order valence-corrected chi connectivity index (χ0v) is 14.1. The zero-order chi connectivity index (χ0) is 18.6. The Kier molecular flexibility index (Phi) is 5.50. The number of nitro groups is 1. The van der Waals surface area contributed by atoms with Gasteiger partial charge in [-0.15, -0.1) is 0 Å². The van der Waals surface area contributed by atoms with Gasteiger partial charge in [0.25, 0.3) is 5.69 Å². The summed E-state index contributed by atoms with van der Waals surface area (Å²) in [5.41, 5.74) is 5.81. The zero-order valence-electron chi connectivity index (χ0n) is 13.3. The molecule has 132 valence electrons. The first-order chi connectivity index (χ1) is 11.7. The summed E-state index contributed by atoms with van der Waals surface area (Å²) in [6.07, 6.45) is 0. The normalized spacial score (nSPS) is 13.8. The molecule has 1 amide bonds. The lowest BCUT2D eigenvalue weighted by Gasteiger charge is -2.22. The molecule has 0 aliphatic rings. The number of hydrogen-bond donors (Lipinski definition) is 2. The molecule has 8 nitrogen and oxygen atoms in total. The van der Waals surface area contributed by atoms with Crippen molar-refractivity contribution in [1.82, 2.24) is 4.72 Å². The lowest BCUT2D eigenvalue weighted by molar-refractivity contribution is -0.384. The number of hydrogen-bond acceptors (Lipinski definition) is 5. The number of nitrogens with one attached hydrogen (secondary N) is 1. The van der Waals surface area contributed by atoms with Gasteiger partial charge in [0.2, 0.25) is 15.9 Å². The maximum Gasteiger partial charge on any atom is 0.269 e. The third-order valence-corrected chi connectivity index (χ3v) is 5.23. The van der Waals surface area contributed by atoms with E-state index < -0.39 is 32.8 Å². The number of rotatable bonds is 7. The number of amides is 1. The molecule has 0 saturated heterocycles. The summed E-state index contributed by atoms with van der Waals surface area (Å²) in [4.78, 5) is 22.0. The highest BCUT2D eigenvalue weighted by Crippen LogP contribution is 2.23. The van der Waals surface area contributed by atoms with E-state index in [0.29, 0.717) is 5.56 Å². The van der Waals surface area contributed by atoms with Crippen LogP contribution in [0.3, 0.4) is 0 Å². The minimum absolute atomic E-state index is 0.0112. The number of benzene rings is 2. The molecular formula is C16H17N3O5S. The van der Waals surface area contributed by atoms with Gasteiger partial charge < -0.3 is 5.73 Å². The largest absolute Gasteiger partial charge is 0.368 e. The molecule has 2 rings (SSSR count). The van der Waals surface area contributed by atoms with E-state index in [4.69, 9.17) is 5.73 Å². The molecule has 0 radical (unpaired) electrons. The molecule has 0 aromatic heterocycles. The van der Waals surface area contributed by atoms with Crippen molar-refractivity contribution in [1.29, 1.82) is 0 Å². The van der Waals surface area contributed by atoms with Crippen LogP contribution in [0.5, 0.6) is 0 Å². The van der Waals surface area contributed by atoms with E-state index in [9.17, 15) is 23.3 Å². The summed E-state index contributed by atoms with van der Waals surface area (Å²) in [7, 11) is -3.94. The Morgan fingerprint density at radius 2 is 1.68 bits per heavy atom. The Labute approximate surface area is 144 Å². The minimum Gasteiger partial charge on any atom is -0.368 e. The molecule has 2 atom stereocenters. The van der Waals surface area contributed by atoms with Crippen molar-refractivity contribution in [2.45, 2.75) is 23.8 Å². The van der Waals surface area contributed by atoms with Crippen LogP contribution in [0, 0.1) is 10.1 Å². The van der Waals surface area contributed by atoms with E-state index in [1.165, 1.54) is 36.4 Å². The van der Waals surface area contributed by atoms with Crippen LogP contribution < -0.4 is 10.5 Å². The van der Waals surface area contributed by atoms with Crippen LogP contribution in [-0.4, -0.2) is 25.3 Å². The maximum atomic E-state index is 12.4. The molecule has 0 bridgehead atoms. The lowest BCUT2D eigenvalue weighted by Crippen LogP contribution is -2.47. The second kappa shape index (κ2) is 7.41. The quantitative estimate of drug-likeness (QED) is 0.568. The Bertz CT molecular complexity index is 866. The van der Waals surface area contributed by atoms with Gasteiger partial charge in [-0.1, -0.05) is 37.3 Å². The summed E-state index contributed by atoms with van der Waals surface area (Å²) in [5, 5.41) is 10.7. The summed E-state index contributed by atoms with van der Waals surface area (Å²) in [6, 6.07) is 11.9. The van der Waals surface area contributed by atoms with Crippen molar-refractivity contribution in [3.05, 3.63) is 70.3 Å². The van der Waals surface area contributed by atoms with E-state index in [2.05, 4.69) is 4.72 Å². The van der Waals surface area contributed by atoms with Gasteiger partial charge in [0.1, 0.15) is 6.04 Å². The van der Waals surface area contributed by atoms with Gasteiger partial charge in [-0.25, -0.2) is 8.42 Å². The number of nitrogens with zero attached hydrogens (tertiary/aromatic N) is 1. The third kappa shape index (κ3) is 4.40. The van der Waals surface area contributed by atoms with Crippen molar-refractivity contribution in [2.24, 2.45) is 5.73 Å². The highest BCUT2D eigenvalue weighted by atomic mass is 32.2. The van der Waals surface area contributed by atoms with Gasteiger partial charge in [-0.2, -0.15) is 4.72 Å². The van der Waals surface area contributed by atoms with Crippen molar-refractivity contribution < 1.29 is 18.1 Å². The monoisotopic (exact) mass is 363 g/mol. The maximum absolute atomic E-state index is 12.4. The molecule has 0 heterocycles.